The lowest BCUT2D eigenvalue weighted by Crippen LogP contribution is -2.33. The van der Waals surface area contributed by atoms with E-state index in [4.69, 9.17) is 0 Å². The van der Waals surface area contributed by atoms with Gasteiger partial charge >= 0.3 is 0 Å². The van der Waals surface area contributed by atoms with E-state index in [-0.39, 0.29) is 0 Å². The minimum atomic E-state index is 0.843. The topological polar surface area (TPSA) is 58.9 Å². The third kappa shape index (κ3) is 2.76. The van der Waals surface area contributed by atoms with Crippen molar-refractivity contribution in [1.82, 2.24) is 24.0 Å². The summed E-state index contributed by atoms with van der Waals surface area (Å²) in [7, 11) is 0. The maximum absolute atomic E-state index is 4.38. The predicted octanol–water partition coefficient (Wildman–Crippen LogP) is 1.57. The van der Waals surface area contributed by atoms with Gasteiger partial charge in [-0.1, -0.05) is 11.4 Å². The van der Waals surface area contributed by atoms with Gasteiger partial charge in [0.1, 0.15) is 16.5 Å². The number of anilines is 1. The van der Waals surface area contributed by atoms with Crippen LogP contribution in [0.15, 0.2) is 12.4 Å². The molecule has 1 aliphatic heterocycles. The summed E-state index contributed by atoms with van der Waals surface area (Å²) in [5.74, 6) is 1.14. The second-order valence-electron chi connectivity index (χ2n) is 4.72. The average Bonchev–Trinajstić information content (AvgIpc) is 3.05. The minimum absolute atomic E-state index is 0.843. The highest BCUT2D eigenvalue weighted by atomic mass is 32.1. The first-order valence-electron chi connectivity index (χ1n) is 6.64. The Bertz CT molecular complexity index is 534. The van der Waals surface area contributed by atoms with E-state index in [0.717, 1.165) is 55.7 Å². The Labute approximate surface area is 116 Å². The fraction of sp³-hybridized carbons (Fsp3) is 0.583. The molecule has 6 nitrogen and oxygen atoms in total. The van der Waals surface area contributed by atoms with E-state index in [9.17, 15) is 0 Å². The van der Waals surface area contributed by atoms with E-state index in [0.29, 0.717) is 0 Å². The first-order valence-corrected chi connectivity index (χ1v) is 7.41. The third-order valence-electron chi connectivity index (χ3n) is 3.29. The second kappa shape index (κ2) is 5.66. The molecule has 3 heterocycles. The molecule has 0 bridgehead atoms. The van der Waals surface area contributed by atoms with Gasteiger partial charge < -0.3 is 9.88 Å². The quantitative estimate of drug-likeness (QED) is 0.899. The monoisotopic (exact) mass is 278 g/mol. The molecule has 1 aliphatic rings. The van der Waals surface area contributed by atoms with Crippen molar-refractivity contribution in [2.75, 3.05) is 18.4 Å². The van der Waals surface area contributed by atoms with Crippen molar-refractivity contribution in [1.29, 1.82) is 0 Å². The summed E-state index contributed by atoms with van der Waals surface area (Å²) in [6.07, 6.45) is 5.03. The molecule has 102 valence electrons. The lowest BCUT2D eigenvalue weighted by molar-refractivity contribution is 0.207. The van der Waals surface area contributed by atoms with Crippen LogP contribution in [0, 0.1) is 0 Å². The lowest BCUT2D eigenvalue weighted by Gasteiger charge is -2.26. The van der Waals surface area contributed by atoms with Crippen LogP contribution < -0.4 is 5.32 Å². The zero-order chi connectivity index (χ0) is 13.1. The summed E-state index contributed by atoms with van der Waals surface area (Å²) in [5, 5.41) is 8.74. The summed E-state index contributed by atoms with van der Waals surface area (Å²) >= 11 is 1.45. The maximum atomic E-state index is 4.38. The van der Waals surface area contributed by atoms with Crippen molar-refractivity contribution in [2.24, 2.45) is 0 Å². The zero-order valence-electron chi connectivity index (χ0n) is 11.0. The van der Waals surface area contributed by atoms with Crippen LogP contribution >= 0.6 is 11.5 Å². The van der Waals surface area contributed by atoms with E-state index in [1.54, 1.807) is 0 Å². The maximum Gasteiger partial charge on any atom is 0.134 e. The summed E-state index contributed by atoms with van der Waals surface area (Å²) in [6.45, 7) is 6.90. The number of aromatic nitrogens is 4. The van der Waals surface area contributed by atoms with Gasteiger partial charge in [0, 0.05) is 50.1 Å². The van der Waals surface area contributed by atoms with Gasteiger partial charge in [-0.2, -0.15) is 0 Å². The van der Waals surface area contributed by atoms with Gasteiger partial charge in [0.2, 0.25) is 0 Å². The van der Waals surface area contributed by atoms with E-state index in [1.165, 1.54) is 11.5 Å². The number of imidazole rings is 1. The van der Waals surface area contributed by atoms with E-state index < -0.39 is 0 Å². The van der Waals surface area contributed by atoms with Gasteiger partial charge in [0.25, 0.3) is 0 Å². The van der Waals surface area contributed by atoms with Crippen LogP contribution in [0.1, 0.15) is 24.9 Å². The zero-order valence-corrected chi connectivity index (χ0v) is 11.9. The molecule has 0 fully saturated rings. The Morgan fingerprint density at radius 1 is 1.42 bits per heavy atom. The largest absolute Gasteiger partial charge is 0.374 e. The number of fused-ring (bicyclic) bond motifs is 1. The molecule has 3 rings (SSSR count). The average molecular weight is 278 g/mol. The van der Waals surface area contributed by atoms with Gasteiger partial charge in [0.05, 0.1) is 6.54 Å². The Kier molecular flexibility index (Phi) is 3.74. The smallest absolute Gasteiger partial charge is 0.134 e. The number of rotatable bonds is 5. The van der Waals surface area contributed by atoms with Crippen molar-refractivity contribution >= 4 is 16.5 Å². The molecule has 7 heteroatoms. The number of nitrogens with one attached hydrogen (secondary N) is 1. The number of hydrogen-bond donors (Lipinski definition) is 1. The van der Waals surface area contributed by atoms with Gasteiger partial charge in [0.15, 0.2) is 0 Å². The Morgan fingerprint density at radius 2 is 2.37 bits per heavy atom. The lowest BCUT2D eigenvalue weighted by atomic mass is 10.3. The molecule has 0 saturated carbocycles. The van der Waals surface area contributed by atoms with Gasteiger partial charge in [-0.25, -0.2) is 4.98 Å². The fourth-order valence-corrected chi connectivity index (χ4v) is 2.85. The molecular formula is C12H18N6S. The molecule has 2 aromatic heterocycles. The van der Waals surface area contributed by atoms with Gasteiger partial charge in [-0.3, -0.25) is 4.90 Å². The first-order chi connectivity index (χ1) is 9.36. The molecule has 0 unspecified atom stereocenters. The molecule has 1 N–H and O–H groups in total. The highest BCUT2D eigenvalue weighted by Gasteiger charge is 2.19. The van der Waals surface area contributed by atoms with Crippen molar-refractivity contribution < 1.29 is 0 Å². The van der Waals surface area contributed by atoms with Crippen LogP contribution in [0.25, 0.3) is 0 Å². The van der Waals surface area contributed by atoms with Crippen molar-refractivity contribution in [3.63, 3.8) is 0 Å². The Balaban J connectivity index is 1.64. The summed E-state index contributed by atoms with van der Waals surface area (Å²) in [6, 6.07) is 0. The van der Waals surface area contributed by atoms with Crippen LogP contribution in [0.5, 0.6) is 0 Å². The first kappa shape index (κ1) is 12.6. The Hall–Kier alpha value is -1.47. The molecule has 2 aromatic rings. The molecule has 0 radical (unpaired) electrons. The molecule has 0 atom stereocenters. The summed E-state index contributed by atoms with van der Waals surface area (Å²) < 4.78 is 6.27. The predicted molar refractivity (Wildman–Crippen MR) is 75.0 cm³/mol. The normalized spacial score (nSPS) is 15.4. The summed E-state index contributed by atoms with van der Waals surface area (Å²) in [4.78, 5) is 6.75. The van der Waals surface area contributed by atoms with Crippen LogP contribution in [-0.2, 0) is 19.6 Å². The summed E-state index contributed by atoms with van der Waals surface area (Å²) in [5.41, 5.74) is 1.05. The van der Waals surface area contributed by atoms with Gasteiger partial charge in [-0.05, 0) is 6.42 Å². The molecule has 19 heavy (non-hydrogen) atoms. The third-order valence-corrected chi connectivity index (χ3v) is 4.01. The number of nitrogens with zero attached hydrogens (tertiary/aromatic N) is 5. The number of hydrogen-bond acceptors (Lipinski definition) is 6. The van der Waals surface area contributed by atoms with Crippen molar-refractivity contribution in [3.05, 3.63) is 23.9 Å². The molecule has 0 aromatic carbocycles. The van der Waals surface area contributed by atoms with Gasteiger partial charge in [-0.15, -0.1) is 5.10 Å². The van der Waals surface area contributed by atoms with E-state index in [2.05, 4.69) is 36.3 Å². The fourth-order valence-electron chi connectivity index (χ4n) is 2.26. The van der Waals surface area contributed by atoms with Crippen LogP contribution in [0.4, 0.5) is 5.00 Å². The highest BCUT2D eigenvalue weighted by molar-refractivity contribution is 7.10. The molecule has 0 amide bonds. The van der Waals surface area contributed by atoms with E-state index in [1.807, 2.05) is 12.4 Å². The molecular weight excluding hydrogens is 260 g/mol. The van der Waals surface area contributed by atoms with Crippen LogP contribution in [0.3, 0.4) is 0 Å². The van der Waals surface area contributed by atoms with Crippen LogP contribution in [-0.4, -0.2) is 37.1 Å². The molecule has 0 saturated heterocycles. The molecule has 0 aliphatic carbocycles. The standard InChI is InChI=1S/C12H18N6S/c1-2-3-14-12-10(15-16-19-12)8-17-6-7-18-5-4-13-11(18)9-17/h4-5,14H,2-3,6-9H2,1H3. The minimum Gasteiger partial charge on any atom is -0.374 e. The SMILES string of the molecule is CCCNc1snnc1CN1CCn2ccnc2C1. The second-order valence-corrected chi connectivity index (χ2v) is 5.48. The Morgan fingerprint density at radius 3 is 3.26 bits per heavy atom. The molecule has 0 spiro atoms. The van der Waals surface area contributed by atoms with Crippen molar-refractivity contribution in [3.8, 4) is 0 Å². The van der Waals surface area contributed by atoms with Crippen molar-refractivity contribution in [2.45, 2.75) is 33.0 Å². The van der Waals surface area contributed by atoms with E-state index >= 15 is 0 Å². The van der Waals surface area contributed by atoms with Crippen LogP contribution in [0.2, 0.25) is 0 Å². The highest BCUT2D eigenvalue weighted by Crippen LogP contribution is 2.21.